The van der Waals surface area contributed by atoms with E-state index in [0.29, 0.717) is 6.61 Å². The van der Waals surface area contributed by atoms with Gasteiger partial charge in [0.1, 0.15) is 0 Å². The van der Waals surface area contributed by atoms with Gasteiger partial charge in [0.15, 0.2) is 0 Å². The van der Waals surface area contributed by atoms with Gasteiger partial charge in [-0.1, -0.05) is 18.9 Å². The number of morpholine rings is 1. The lowest BCUT2D eigenvalue weighted by molar-refractivity contribution is -0.0752. The summed E-state index contributed by atoms with van der Waals surface area (Å²) < 4.78 is 6.93. The average molecular weight is 371 g/mol. The molecule has 102 valence electrons. The van der Waals surface area contributed by atoms with Crippen molar-refractivity contribution in [2.75, 3.05) is 13.2 Å². The summed E-state index contributed by atoms with van der Waals surface area (Å²) in [5.41, 5.74) is 0.804. The van der Waals surface area contributed by atoms with Crippen molar-refractivity contribution in [3.63, 3.8) is 0 Å². The maximum absolute atomic E-state index is 12.7. The lowest BCUT2D eigenvalue weighted by Crippen LogP contribution is -2.54. The summed E-state index contributed by atoms with van der Waals surface area (Å²) in [5, 5.41) is 0. The Morgan fingerprint density at radius 1 is 1.32 bits per heavy atom. The van der Waals surface area contributed by atoms with Gasteiger partial charge in [0.05, 0.1) is 18.8 Å². The predicted molar refractivity (Wildman–Crippen MR) is 82.2 cm³/mol. The minimum Gasteiger partial charge on any atom is -0.374 e. The van der Waals surface area contributed by atoms with Crippen molar-refractivity contribution in [2.24, 2.45) is 0 Å². The highest BCUT2D eigenvalue weighted by Gasteiger charge is 2.36. The Morgan fingerprint density at radius 3 is 3.00 bits per heavy atom. The molecule has 2 atom stereocenters. The minimum absolute atomic E-state index is 0.165. The highest BCUT2D eigenvalue weighted by atomic mass is 127. The molecule has 0 radical (unpaired) electrons. The number of fused-ring (bicyclic) bond motifs is 1. The molecule has 1 aliphatic heterocycles. The van der Waals surface area contributed by atoms with Gasteiger partial charge >= 0.3 is 0 Å². The van der Waals surface area contributed by atoms with Crippen LogP contribution in [0.3, 0.4) is 0 Å². The summed E-state index contributed by atoms with van der Waals surface area (Å²) >= 11 is 2.25. The number of rotatable bonds is 1. The van der Waals surface area contributed by atoms with E-state index in [1.807, 2.05) is 29.2 Å². The molecular formula is C15H18INO2. The van der Waals surface area contributed by atoms with Gasteiger partial charge in [-0.15, -0.1) is 0 Å². The molecule has 3 nitrogen and oxygen atoms in total. The molecule has 1 aromatic carbocycles. The molecule has 1 aromatic rings. The zero-order chi connectivity index (χ0) is 13.2. The molecule has 2 aliphatic rings. The number of ether oxygens (including phenoxy) is 1. The third-order valence-corrected chi connectivity index (χ3v) is 4.74. The Balaban J connectivity index is 1.82. The number of benzene rings is 1. The first kappa shape index (κ1) is 13.4. The highest BCUT2D eigenvalue weighted by molar-refractivity contribution is 14.1. The van der Waals surface area contributed by atoms with Gasteiger partial charge in [-0.05, 0) is 53.6 Å². The zero-order valence-electron chi connectivity index (χ0n) is 10.8. The third-order valence-electron chi connectivity index (χ3n) is 4.06. The van der Waals surface area contributed by atoms with Gasteiger partial charge in [-0.25, -0.2) is 0 Å². The fraction of sp³-hybridized carbons (Fsp3) is 0.533. The molecule has 1 aliphatic carbocycles. The Kier molecular flexibility index (Phi) is 4.07. The van der Waals surface area contributed by atoms with E-state index in [1.54, 1.807) is 0 Å². The molecule has 4 heteroatoms. The molecule has 1 amide bonds. The van der Waals surface area contributed by atoms with Crippen LogP contribution in [0.4, 0.5) is 0 Å². The van der Waals surface area contributed by atoms with Crippen LogP contribution < -0.4 is 0 Å². The first-order chi connectivity index (χ1) is 9.25. The quantitative estimate of drug-likeness (QED) is 0.711. The van der Waals surface area contributed by atoms with Crippen molar-refractivity contribution < 1.29 is 9.53 Å². The number of carbonyl (C=O) groups excluding carboxylic acids is 1. The van der Waals surface area contributed by atoms with Crippen molar-refractivity contribution >= 4 is 28.5 Å². The summed E-state index contributed by atoms with van der Waals surface area (Å²) in [6.07, 6.45) is 4.88. The van der Waals surface area contributed by atoms with E-state index in [9.17, 15) is 4.79 Å². The van der Waals surface area contributed by atoms with E-state index in [4.69, 9.17) is 4.74 Å². The fourth-order valence-corrected chi connectivity index (χ4v) is 3.68. The topological polar surface area (TPSA) is 29.5 Å². The SMILES string of the molecule is O=C(c1cccc(I)c1)N1CCO[C@H]2CCCC[C@@H]21. The normalized spacial score (nSPS) is 26.9. The molecule has 0 unspecified atom stereocenters. The molecule has 1 heterocycles. The first-order valence-corrected chi connectivity index (χ1v) is 8.02. The van der Waals surface area contributed by atoms with Crippen molar-refractivity contribution in [2.45, 2.75) is 37.8 Å². The standard InChI is InChI=1S/C15H18INO2/c16-12-5-3-4-11(10-12)15(18)17-8-9-19-14-7-2-1-6-13(14)17/h3-5,10,13-14H,1-2,6-9H2/t13-,14-/m0/s1. The van der Waals surface area contributed by atoms with Gasteiger partial charge in [0.2, 0.25) is 0 Å². The second-order valence-electron chi connectivity index (χ2n) is 5.27. The first-order valence-electron chi connectivity index (χ1n) is 6.94. The monoisotopic (exact) mass is 371 g/mol. The van der Waals surface area contributed by atoms with Crippen LogP contribution in [0.15, 0.2) is 24.3 Å². The van der Waals surface area contributed by atoms with Gasteiger partial charge < -0.3 is 9.64 Å². The van der Waals surface area contributed by atoms with E-state index < -0.39 is 0 Å². The van der Waals surface area contributed by atoms with Crippen LogP contribution in [-0.2, 0) is 4.74 Å². The van der Waals surface area contributed by atoms with E-state index in [0.717, 1.165) is 28.5 Å². The van der Waals surface area contributed by atoms with Crippen molar-refractivity contribution in [1.29, 1.82) is 0 Å². The van der Waals surface area contributed by atoms with Crippen molar-refractivity contribution in [1.82, 2.24) is 4.90 Å². The molecule has 2 fully saturated rings. The largest absolute Gasteiger partial charge is 0.374 e. The lowest BCUT2D eigenvalue weighted by atomic mass is 9.89. The molecule has 0 N–H and O–H groups in total. The van der Waals surface area contributed by atoms with Crippen LogP contribution >= 0.6 is 22.6 Å². The zero-order valence-corrected chi connectivity index (χ0v) is 13.0. The number of hydrogen-bond acceptors (Lipinski definition) is 2. The number of amides is 1. The van der Waals surface area contributed by atoms with Gasteiger partial charge in [-0.2, -0.15) is 0 Å². The van der Waals surface area contributed by atoms with Crippen LogP contribution in [0.5, 0.6) is 0 Å². The van der Waals surface area contributed by atoms with E-state index in [1.165, 1.54) is 12.8 Å². The Hall–Kier alpha value is -0.620. The number of halogens is 1. The molecule has 1 saturated carbocycles. The predicted octanol–water partition coefficient (Wildman–Crippen LogP) is 3.07. The van der Waals surface area contributed by atoms with Crippen LogP contribution in [0, 0.1) is 3.57 Å². The van der Waals surface area contributed by atoms with E-state index in [2.05, 4.69) is 22.6 Å². The number of nitrogens with zero attached hydrogens (tertiary/aromatic N) is 1. The number of hydrogen-bond donors (Lipinski definition) is 0. The molecule has 3 rings (SSSR count). The molecule has 0 aromatic heterocycles. The second-order valence-corrected chi connectivity index (χ2v) is 6.52. The van der Waals surface area contributed by atoms with E-state index in [-0.39, 0.29) is 18.1 Å². The van der Waals surface area contributed by atoms with E-state index >= 15 is 0 Å². The Labute approximate surface area is 127 Å². The maximum Gasteiger partial charge on any atom is 0.254 e. The Bertz CT molecular complexity index is 475. The fourth-order valence-electron chi connectivity index (χ4n) is 3.14. The highest BCUT2D eigenvalue weighted by Crippen LogP contribution is 2.29. The molecule has 19 heavy (non-hydrogen) atoms. The average Bonchev–Trinajstić information content (AvgIpc) is 2.46. The van der Waals surface area contributed by atoms with Crippen LogP contribution in [-0.4, -0.2) is 36.1 Å². The smallest absolute Gasteiger partial charge is 0.254 e. The maximum atomic E-state index is 12.7. The van der Waals surface area contributed by atoms with Crippen molar-refractivity contribution in [3.8, 4) is 0 Å². The third kappa shape index (κ3) is 2.79. The van der Waals surface area contributed by atoms with Crippen LogP contribution in [0.25, 0.3) is 0 Å². The molecule has 0 bridgehead atoms. The lowest BCUT2D eigenvalue weighted by Gasteiger charge is -2.43. The second kappa shape index (κ2) is 5.79. The number of carbonyl (C=O) groups is 1. The molecule has 1 saturated heterocycles. The van der Waals surface area contributed by atoms with Gasteiger partial charge in [-0.3, -0.25) is 4.79 Å². The summed E-state index contributed by atoms with van der Waals surface area (Å²) in [6, 6.07) is 8.13. The summed E-state index contributed by atoms with van der Waals surface area (Å²) in [4.78, 5) is 14.7. The van der Waals surface area contributed by atoms with Gasteiger partial charge in [0.25, 0.3) is 5.91 Å². The molecule has 0 spiro atoms. The van der Waals surface area contributed by atoms with Gasteiger partial charge in [0, 0.05) is 15.7 Å². The minimum atomic E-state index is 0.165. The Morgan fingerprint density at radius 2 is 2.16 bits per heavy atom. The van der Waals surface area contributed by atoms with Crippen LogP contribution in [0.2, 0.25) is 0 Å². The van der Waals surface area contributed by atoms with Crippen molar-refractivity contribution in [3.05, 3.63) is 33.4 Å². The summed E-state index contributed by atoms with van der Waals surface area (Å²) in [7, 11) is 0. The summed E-state index contributed by atoms with van der Waals surface area (Å²) in [5.74, 6) is 0.165. The summed E-state index contributed by atoms with van der Waals surface area (Å²) in [6.45, 7) is 1.41. The van der Waals surface area contributed by atoms with Crippen LogP contribution in [0.1, 0.15) is 36.0 Å². The molecular weight excluding hydrogens is 353 g/mol.